The first-order valence-corrected chi connectivity index (χ1v) is 5.49. The number of allylic oxidation sites excluding steroid dienone is 2. The molecular weight excluding hydrogens is 283 g/mol. The van der Waals surface area contributed by atoms with Crippen molar-refractivity contribution in [3.8, 4) is 0 Å². The van der Waals surface area contributed by atoms with Gasteiger partial charge in [0.2, 0.25) is 0 Å². The molecule has 0 saturated carbocycles. The van der Waals surface area contributed by atoms with Gasteiger partial charge in [-0.25, -0.2) is 0 Å². The van der Waals surface area contributed by atoms with Gasteiger partial charge in [-0.15, -0.1) is 11.3 Å². The van der Waals surface area contributed by atoms with Crippen LogP contribution < -0.4 is 0 Å². The average molecular weight is 292 g/mol. The molecule has 12 heavy (non-hydrogen) atoms. The van der Waals surface area contributed by atoms with Gasteiger partial charge >= 0.3 is 0 Å². The molecule has 0 saturated heterocycles. The highest BCUT2D eigenvalue weighted by Gasteiger charge is 2.07. The number of rotatable bonds is 2. The highest BCUT2D eigenvalue weighted by atomic mass is 127. The molecule has 0 spiro atoms. The summed E-state index contributed by atoms with van der Waals surface area (Å²) < 4.78 is 1.04. The Labute approximate surface area is 89.6 Å². The van der Waals surface area contributed by atoms with Crippen molar-refractivity contribution in [2.45, 2.75) is 13.8 Å². The lowest BCUT2D eigenvalue weighted by Gasteiger charge is -1.91. The monoisotopic (exact) mass is 292 g/mol. The normalized spacial score (nSPS) is 9.58. The average Bonchev–Trinajstić information content (AvgIpc) is 2.33. The molecule has 0 aliphatic heterocycles. The van der Waals surface area contributed by atoms with E-state index in [0.717, 1.165) is 14.0 Å². The lowest BCUT2D eigenvalue weighted by atomic mass is 10.2. The van der Waals surface area contributed by atoms with Gasteiger partial charge in [-0.3, -0.25) is 4.79 Å². The third-order valence-electron chi connectivity index (χ3n) is 1.26. The summed E-state index contributed by atoms with van der Waals surface area (Å²) in [6, 6.07) is 1.96. The van der Waals surface area contributed by atoms with Crippen LogP contribution >= 0.6 is 33.9 Å². The third kappa shape index (κ3) is 2.42. The molecule has 0 radical (unpaired) electrons. The van der Waals surface area contributed by atoms with Gasteiger partial charge in [0.05, 0.1) is 4.88 Å². The quantitative estimate of drug-likeness (QED) is 0.463. The molecule has 0 aromatic carbocycles. The van der Waals surface area contributed by atoms with Crippen LogP contribution in [0, 0.1) is 3.57 Å². The Morgan fingerprint density at radius 3 is 2.67 bits per heavy atom. The fraction of sp³-hybridized carbons (Fsp3) is 0.222. The molecule has 64 valence electrons. The van der Waals surface area contributed by atoms with E-state index in [9.17, 15) is 4.79 Å². The Morgan fingerprint density at radius 1 is 1.58 bits per heavy atom. The first-order valence-electron chi connectivity index (χ1n) is 3.53. The number of halogens is 1. The van der Waals surface area contributed by atoms with Crippen molar-refractivity contribution in [3.05, 3.63) is 31.5 Å². The molecule has 3 heteroatoms. The number of hydrogen-bond acceptors (Lipinski definition) is 2. The summed E-state index contributed by atoms with van der Waals surface area (Å²) >= 11 is 3.68. The Balaban J connectivity index is 2.93. The van der Waals surface area contributed by atoms with Crippen molar-refractivity contribution in [3.63, 3.8) is 0 Å². The van der Waals surface area contributed by atoms with Crippen LogP contribution in [-0.2, 0) is 0 Å². The molecular formula is C9H9IOS. The summed E-state index contributed by atoms with van der Waals surface area (Å²) in [6.45, 7) is 3.86. The molecule has 0 amide bonds. The zero-order valence-electron chi connectivity index (χ0n) is 6.93. The van der Waals surface area contributed by atoms with Crippen LogP contribution in [0.15, 0.2) is 23.1 Å². The van der Waals surface area contributed by atoms with Crippen LogP contribution in [0.1, 0.15) is 23.5 Å². The van der Waals surface area contributed by atoms with Crippen molar-refractivity contribution in [2.24, 2.45) is 0 Å². The first-order chi connectivity index (χ1) is 5.61. The molecule has 0 N–H and O–H groups in total. The van der Waals surface area contributed by atoms with Crippen molar-refractivity contribution >= 4 is 39.7 Å². The van der Waals surface area contributed by atoms with E-state index in [1.54, 1.807) is 6.08 Å². The molecule has 0 atom stereocenters. The maximum Gasteiger partial charge on any atom is 0.196 e. The predicted octanol–water partition coefficient (Wildman–Crippen LogP) is 3.50. The van der Waals surface area contributed by atoms with Crippen molar-refractivity contribution in [1.82, 2.24) is 0 Å². The lowest BCUT2D eigenvalue weighted by Crippen LogP contribution is -1.92. The number of ketones is 1. The van der Waals surface area contributed by atoms with Crippen LogP contribution in [0.5, 0.6) is 0 Å². The highest BCUT2D eigenvalue weighted by Crippen LogP contribution is 2.19. The van der Waals surface area contributed by atoms with E-state index < -0.39 is 0 Å². The molecule has 1 nitrogen and oxygen atoms in total. The second-order valence-corrected chi connectivity index (χ2v) is 4.76. The fourth-order valence-electron chi connectivity index (χ4n) is 0.797. The van der Waals surface area contributed by atoms with Gasteiger partial charge in [0.15, 0.2) is 5.78 Å². The standard InChI is InChI=1S/C9H9IOS/c1-6(2)5-8(11)9-7(10)3-4-12-9/h3-5H,1-2H3. The van der Waals surface area contributed by atoms with Crippen LogP contribution in [0.25, 0.3) is 0 Å². The predicted molar refractivity (Wildman–Crippen MR) is 60.8 cm³/mol. The largest absolute Gasteiger partial charge is 0.288 e. The Morgan fingerprint density at radius 2 is 2.25 bits per heavy atom. The van der Waals surface area contributed by atoms with Gasteiger partial charge in [0.1, 0.15) is 0 Å². The van der Waals surface area contributed by atoms with E-state index in [-0.39, 0.29) is 5.78 Å². The summed E-state index contributed by atoms with van der Waals surface area (Å²) in [5, 5.41) is 1.94. The van der Waals surface area contributed by atoms with Crippen LogP contribution in [0.2, 0.25) is 0 Å². The zero-order chi connectivity index (χ0) is 9.14. The highest BCUT2D eigenvalue weighted by molar-refractivity contribution is 14.1. The number of carbonyl (C=O) groups excluding carboxylic acids is 1. The molecule has 0 bridgehead atoms. The molecule has 0 unspecified atom stereocenters. The smallest absolute Gasteiger partial charge is 0.196 e. The Hall–Kier alpha value is -0.160. The number of hydrogen-bond donors (Lipinski definition) is 0. The summed E-state index contributed by atoms with van der Waals surface area (Å²) in [5.41, 5.74) is 1.05. The fourth-order valence-corrected chi connectivity index (χ4v) is 2.56. The maximum atomic E-state index is 11.5. The molecule has 1 aromatic rings. The summed E-state index contributed by atoms with van der Waals surface area (Å²) in [4.78, 5) is 12.3. The number of carbonyl (C=O) groups is 1. The lowest BCUT2D eigenvalue weighted by molar-refractivity contribution is 0.104. The minimum absolute atomic E-state index is 0.120. The van der Waals surface area contributed by atoms with Gasteiger partial charge in [0, 0.05) is 3.57 Å². The van der Waals surface area contributed by atoms with Crippen molar-refractivity contribution in [2.75, 3.05) is 0 Å². The molecule has 1 rings (SSSR count). The second-order valence-electron chi connectivity index (χ2n) is 2.68. The van der Waals surface area contributed by atoms with E-state index in [1.807, 2.05) is 25.3 Å². The van der Waals surface area contributed by atoms with Crippen LogP contribution in [-0.4, -0.2) is 5.78 Å². The van der Waals surface area contributed by atoms with E-state index >= 15 is 0 Å². The van der Waals surface area contributed by atoms with E-state index in [2.05, 4.69) is 22.6 Å². The topological polar surface area (TPSA) is 17.1 Å². The van der Waals surface area contributed by atoms with E-state index in [4.69, 9.17) is 0 Å². The Bertz CT molecular complexity index is 321. The zero-order valence-corrected chi connectivity index (χ0v) is 9.90. The van der Waals surface area contributed by atoms with Gasteiger partial charge in [0.25, 0.3) is 0 Å². The van der Waals surface area contributed by atoms with Crippen LogP contribution in [0.3, 0.4) is 0 Å². The van der Waals surface area contributed by atoms with Gasteiger partial charge < -0.3 is 0 Å². The molecule has 1 heterocycles. The molecule has 0 aliphatic rings. The first kappa shape index (κ1) is 9.92. The van der Waals surface area contributed by atoms with E-state index in [0.29, 0.717) is 0 Å². The minimum atomic E-state index is 0.120. The van der Waals surface area contributed by atoms with Crippen molar-refractivity contribution < 1.29 is 4.79 Å². The second kappa shape index (κ2) is 4.18. The maximum absolute atomic E-state index is 11.5. The van der Waals surface area contributed by atoms with Gasteiger partial charge in [-0.1, -0.05) is 5.57 Å². The SMILES string of the molecule is CC(C)=CC(=O)c1sccc1I. The van der Waals surface area contributed by atoms with Crippen molar-refractivity contribution in [1.29, 1.82) is 0 Å². The minimum Gasteiger partial charge on any atom is -0.288 e. The summed E-state index contributed by atoms with van der Waals surface area (Å²) in [5.74, 6) is 0.120. The van der Waals surface area contributed by atoms with Gasteiger partial charge in [-0.05, 0) is 54.0 Å². The molecule has 0 fully saturated rings. The molecule has 1 aromatic heterocycles. The Kier molecular flexibility index (Phi) is 3.46. The molecule has 0 aliphatic carbocycles. The van der Waals surface area contributed by atoms with Gasteiger partial charge in [-0.2, -0.15) is 0 Å². The van der Waals surface area contributed by atoms with E-state index in [1.165, 1.54) is 11.3 Å². The number of thiophene rings is 1. The summed E-state index contributed by atoms with van der Waals surface area (Å²) in [6.07, 6.45) is 1.67. The third-order valence-corrected chi connectivity index (χ3v) is 3.45. The summed E-state index contributed by atoms with van der Waals surface area (Å²) in [7, 11) is 0. The van der Waals surface area contributed by atoms with Crippen LogP contribution in [0.4, 0.5) is 0 Å².